The van der Waals surface area contributed by atoms with Crippen LogP contribution in [0.25, 0.3) is 11.2 Å². The third kappa shape index (κ3) is 3.54. The highest BCUT2D eigenvalue weighted by molar-refractivity contribution is 5.94. The summed E-state index contributed by atoms with van der Waals surface area (Å²) in [6.45, 7) is 1.50. The molecule has 0 saturated heterocycles. The minimum absolute atomic E-state index is 0.0346. The lowest BCUT2D eigenvalue weighted by Gasteiger charge is -2.14. The number of carbonyl (C=O) groups is 1. The maximum Gasteiger partial charge on any atom is 0.332 e. The second-order valence-electron chi connectivity index (χ2n) is 6.32. The maximum atomic E-state index is 12.4. The first-order valence-electron chi connectivity index (χ1n) is 8.32. The number of hydrogen-bond donors (Lipinski definition) is 1. The molecular weight excluding hydrogens is 352 g/mol. The monoisotopic (exact) mass is 372 g/mol. The molecule has 1 N–H and O–H groups in total. The first-order valence-corrected chi connectivity index (χ1v) is 8.32. The number of hydrogen-bond acceptors (Lipinski definition) is 6. The van der Waals surface area contributed by atoms with Crippen LogP contribution in [-0.2, 0) is 20.6 Å². The van der Waals surface area contributed by atoms with E-state index in [2.05, 4.69) is 4.98 Å². The van der Waals surface area contributed by atoms with Crippen LogP contribution in [0.2, 0.25) is 0 Å². The van der Waals surface area contributed by atoms with Gasteiger partial charge in [0.1, 0.15) is 18.5 Å². The Bertz CT molecular complexity index is 1120. The summed E-state index contributed by atoms with van der Waals surface area (Å²) in [5.74, 6) is 0.392. The summed E-state index contributed by atoms with van der Waals surface area (Å²) in [7, 11) is 2.92. The molecule has 27 heavy (non-hydrogen) atoms. The first kappa shape index (κ1) is 18.6. The summed E-state index contributed by atoms with van der Waals surface area (Å²) in [5.41, 5.74) is 0.0643. The molecule has 0 radical (unpaired) electrons. The summed E-state index contributed by atoms with van der Waals surface area (Å²) >= 11 is 0. The molecule has 142 valence electrons. The first-order chi connectivity index (χ1) is 12.8. The fraction of sp³-hybridized carbons (Fsp3) is 0.333. The molecule has 2 aromatic heterocycles. The van der Waals surface area contributed by atoms with E-state index in [0.717, 1.165) is 4.57 Å². The average Bonchev–Trinajstić information content (AvgIpc) is 3.06. The van der Waals surface area contributed by atoms with Gasteiger partial charge in [-0.05, 0) is 19.1 Å². The molecule has 0 aliphatic rings. The highest BCUT2D eigenvalue weighted by Gasteiger charge is 2.16. The number of imidazole rings is 1. The minimum atomic E-state index is -0.926. The van der Waals surface area contributed by atoms with E-state index in [-0.39, 0.29) is 30.1 Å². The zero-order valence-electron chi connectivity index (χ0n) is 15.2. The van der Waals surface area contributed by atoms with E-state index >= 15 is 0 Å². The fourth-order valence-corrected chi connectivity index (χ4v) is 2.81. The highest BCUT2D eigenvalue weighted by atomic mass is 16.5. The Morgan fingerprint density at radius 1 is 1.26 bits per heavy atom. The molecule has 9 nitrogen and oxygen atoms in total. The summed E-state index contributed by atoms with van der Waals surface area (Å²) in [6.07, 6.45) is 0.482. The summed E-state index contributed by atoms with van der Waals surface area (Å²) in [6, 6.07) is 6.68. The fourth-order valence-electron chi connectivity index (χ4n) is 2.81. The van der Waals surface area contributed by atoms with Crippen molar-refractivity contribution in [2.24, 2.45) is 14.1 Å². The molecule has 0 fully saturated rings. The highest BCUT2D eigenvalue weighted by Crippen LogP contribution is 2.14. The van der Waals surface area contributed by atoms with Gasteiger partial charge in [-0.3, -0.25) is 18.7 Å². The van der Waals surface area contributed by atoms with Gasteiger partial charge < -0.3 is 14.4 Å². The van der Waals surface area contributed by atoms with Gasteiger partial charge in [0.15, 0.2) is 16.9 Å². The summed E-state index contributed by atoms with van der Waals surface area (Å²) in [4.78, 5) is 39.9. The van der Waals surface area contributed by atoms with Gasteiger partial charge in [0.25, 0.3) is 5.56 Å². The van der Waals surface area contributed by atoms with E-state index in [1.54, 1.807) is 24.3 Å². The van der Waals surface area contributed by atoms with Crippen LogP contribution in [-0.4, -0.2) is 42.3 Å². The van der Waals surface area contributed by atoms with Gasteiger partial charge in [-0.2, -0.15) is 0 Å². The number of ether oxygens (including phenoxy) is 1. The quantitative estimate of drug-likeness (QED) is 0.614. The van der Waals surface area contributed by atoms with Crippen molar-refractivity contribution >= 4 is 16.9 Å². The van der Waals surface area contributed by atoms with E-state index in [4.69, 9.17) is 4.74 Å². The van der Waals surface area contributed by atoms with Crippen LogP contribution < -0.4 is 16.0 Å². The molecule has 0 aliphatic carbocycles. The molecule has 0 amide bonds. The number of rotatable bonds is 6. The Hall–Kier alpha value is -3.20. The molecule has 0 bridgehead atoms. The normalized spacial score (nSPS) is 12.3. The van der Waals surface area contributed by atoms with Gasteiger partial charge in [0, 0.05) is 19.7 Å². The Labute approximate surface area is 154 Å². The standard InChI is InChI=1S/C18H20N4O5/c1-11(23)12-5-4-6-14(7-12)27-9-13(24)8-22-10-19-16-15(22)17(25)21(3)18(26)20(16)2/h4-7,10,13,24H,8-9H2,1-3H3/t13-/m0/s1. The van der Waals surface area contributed by atoms with Crippen LogP contribution in [0.3, 0.4) is 0 Å². The molecule has 3 rings (SSSR count). The minimum Gasteiger partial charge on any atom is -0.491 e. The number of aliphatic hydroxyl groups is 1. The van der Waals surface area contributed by atoms with Crippen molar-refractivity contribution in [2.45, 2.75) is 19.6 Å². The van der Waals surface area contributed by atoms with Crippen LogP contribution >= 0.6 is 0 Å². The molecule has 0 unspecified atom stereocenters. The van der Waals surface area contributed by atoms with Crippen molar-refractivity contribution in [2.75, 3.05) is 6.61 Å². The SMILES string of the molecule is CC(=O)c1cccc(OC[C@@H](O)Cn2cnc3c2c(=O)n(C)c(=O)n3C)c1. The number of ketones is 1. The van der Waals surface area contributed by atoms with Gasteiger partial charge >= 0.3 is 5.69 Å². The van der Waals surface area contributed by atoms with Gasteiger partial charge in [0.05, 0.1) is 12.9 Å². The van der Waals surface area contributed by atoms with Crippen LogP contribution in [0.5, 0.6) is 5.75 Å². The van der Waals surface area contributed by atoms with Crippen LogP contribution in [0.1, 0.15) is 17.3 Å². The van der Waals surface area contributed by atoms with E-state index in [0.29, 0.717) is 11.3 Å². The summed E-state index contributed by atoms with van der Waals surface area (Å²) in [5, 5.41) is 10.3. The van der Waals surface area contributed by atoms with Gasteiger partial charge in [0.2, 0.25) is 0 Å². The molecule has 0 aliphatic heterocycles. The number of benzene rings is 1. The molecule has 9 heteroatoms. The lowest BCUT2D eigenvalue weighted by molar-refractivity contribution is 0.0931. The third-order valence-electron chi connectivity index (χ3n) is 4.31. The molecule has 0 spiro atoms. The number of Topliss-reactive ketones (excluding diaryl/α,β-unsaturated/α-hetero) is 1. The average molecular weight is 372 g/mol. The number of fused-ring (bicyclic) bond motifs is 1. The van der Waals surface area contributed by atoms with E-state index < -0.39 is 17.4 Å². The lowest BCUT2D eigenvalue weighted by Crippen LogP contribution is -2.38. The van der Waals surface area contributed by atoms with Gasteiger partial charge in [-0.15, -0.1) is 0 Å². The number of aryl methyl sites for hydroxylation is 1. The van der Waals surface area contributed by atoms with Crippen molar-refractivity contribution in [1.29, 1.82) is 0 Å². The van der Waals surface area contributed by atoms with Gasteiger partial charge in [-0.1, -0.05) is 12.1 Å². The number of carbonyl (C=O) groups excluding carboxylic acids is 1. The van der Waals surface area contributed by atoms with E-state index in [1.807, 2.05) is 0 Å². The van der Waals surface area contributed by atoms with Crippen LogP contribution in [0.4, 0.5) is 0 Å². The molecule has 3 aromatic rings. The Balaban J connectivity index is 1.78. The molecule has 1 aromatic carbocycles. The second kappa shape index (κ2) is 7.20. The van der Waals surface area contributed by atoms with Crippen molar-refractivity contribution < 1.29 is 14.6 Å². The van der Waals surface area contributed by atoms with Crippen molar-refractivity contribution in [3.8, 4) is 5.75 Å². The van der Waals surface area contributed by atoms with Crippen LogP contribution in [0, 0.1) is 0 Å². The largest absolute Gasteiger partial charge is 0.491 e. The Morgan fingerprint density at radius 2 is 2.00 bits per heavy atom. The molecule has 0 saturated carbocycles. The zero-order valence-corrected chi connectivity index (χ0v) is 15.2. The van der Waals surface area contributed by atoms with Crippen molar-refractivity contribution in [3.63, 3.8) is 0 Å². The maximum absolute atomic E-state index is 12.4. The predicted molar refractivity (Wildman–Crippen MR) is 98.2 cm³/mol. The molecule has 2 heterocycles. The summed E-state index contributed by atoms with van der Waals surface area (Å²) < 4.78 is 9.32. The van der Waals surface area contributed by atoms with Crippen molar-refractivity contribution in [1.82, 2.24) is 18.7 Å². The van der Waals surface area contributed by atoms with Gasteiger partial charge in [-0.25, -0.2) is 9.78 Å². The predicted octanol–water partition coefficient (Wildman–Crippen LogP) is 0.0762. The topological polar surface area (TPSA) is 108 Å². The van der Waals surface area contributed by atoms with E-state index in [9.17, 15) is 19.5 Å². The zero-order chi connectivity index (χ0) is 19.7. The van der Waals surface area contributed by atoms with Crippen molar-refractivity contribution in [3.05, 3.63) is 57.0 Å². The number of aliphatic hydroxyl groups excluding tert-OH is 1. The lowest BCUT2D eigenvalue weighted by atomic mass is 10.1. The Kier molecular flexibility index (Phi) is 4.95. The second-order valence-corrected chi connectivity index (χ2v) is 6.32. The smallest absolute Gasteiger partial charge is 0.332 e. The Morgan fingerprint density at radius 3 is 2.70 bits per heavy atom. The van der Waals surface area contributed by atoms with Crippen LogP contribution in [0.15, 0.2) is 40.2 Å². The molecular formula is C18H20N4O5. The number of nitrogens with zero attached hydrogens (tertiary/aromatic N) is 4. The third-order valence-corrected chi connectivity index (χ3v) is 4.31. The number of aromatic nitrogens is 4. The molecule has 1 atom stereocenters. The van der Waals surface area contributed by atoms with E-state index in [1.165, 1.54) is 36.5 Å².